The Morgan fingerprint density at radius 2 is 0.431 bits per heavy atom. The van der Waals surface area contributed by atoms with Gasteiger partial charge in [-0.2, -0.15) is 0 Å². The normalized spacial score (nSPS) is 14.0. The van der Waals surface area contributed by atoms with Crippen LogP contribution in [0.1, 0.15) is 51.4 Å². The Kier molecular flexibility index (Phi) is 25.8. The summed E-state index contributed by atoms with van der Waals surface area (Å²) in [7, 11) is 0. The Hall–Kier alpha value is -6.02. The van der Waals surface area contributed by atoms with Gasteiger partial charge in [-0.05, 0) is 84.7 Å². The van der Waals surface area contributed by atoms with Gasteiger partial charge in [0.05, 0.1) is 0 Å². The summed E-state index contributed by atoms with van der Waals surface area (Å²) in [6, 6.07) is 66.6. The van der Waals surface area contributed by atoms with Crippen LogP contribution in [0, 0.1) is 35.6 Å². The first-order valence-corrected chi connectivity index (χ1v) is 24.9. The SMILES string of the molecule is C1CCOC1.C1CCOC1.C1CCOC1.C1CCOC1.[La+3].c1ccc(-c2cc(-c3ccccc3)[n-]n2)cc1.c1ccc(-c2cc(-c3ccccc3)[n-]n2)cc1.c1ccc(-c2cc(-c3ccccc3)[n-]n2)cc1. The number of nitrogens with zero attached hydrogens (tertiary/aromatic N) is 6. The first-order valence-electron chi connectivity index (χ1n) is 24.9. The van der Waals surface area contributed by atoms with Crippen LogP contribution in [-0.2, 0) is 18.9 Å². The molecule has 4 fully saturated rings. The molecule has 0 atom stereocenters. The third kappa shape index (κ3) is 19.9. The summed E-state index contributed by atoms with van der Waals surface area (Å²) in [5.41, 5.74) is 12.1. The van der Waals surface area contributed by atoms with Gasteiger partial charge in [0.15, 0.2) is 0 Å². The van der Waals surface area contributed by atoms with E-state index in [0.717, 1.165) is 120 Å². The molecule has 0 spiro atoms. The van der Waals surface area contributed by atoms with Crippen LogP contribution in [0.4, 0.5) is 0 Å². The van der Waals surface area contributed by atoms with Crippen molar-refractivity contribution >= 4 is 0 Å². The van der Waals surface area contributed by atoms with Crippen LogP contribution in [0.2, 0.25) is 0 Å². The van der Waals surface area contributed by atoms with E-state index >= 15 is 0 Å². The largest absolute Gasteiger partial charge is 3.00 e. The zero-order valence-electron chi connectivity index (χ0n) is 41.3. The van der Waals surface area contributed by atoms with Crippen LogP contribution in [-0.4, -0.2) is 68.2 Å². The second-order valence-corrected chi connectivity index (χ2v) is 16.8. The molecule has 9 aromatic rings. The molecule has 0 N–H and O–H groups in total. The van der Waals surface area contributed by atoms with Crippen LogP contribution >= 0.6 is 0 Å². The Morgan fingerprint density at radius 3 is 0.597 bits per heavy atom. The van der Waals surface area contributed by atoms with Gasteiger partial charge in [0.25, 0.3) is 0 Å². The van der Waals surface area contributed by atoms with E-state index in [0.29, 0.717) is 0 Å². The minimum absolute atomic E-state index is 0. The predicted octanol–water partition coefficient (Wildman–Crippen LogP) is 13.3. The van der Waals surface area contributed by atoms with E-state index in [9.17, 15) is 0 Å². The molecule has 11 heteroatoms. The number of benzene rings is 6. The molecule has 4 saturated heterocycles. The zero-order valence-corrected chi connectivity index (χ0v) is 44.9. The van der Waals surface area contributed by atoms with Crippen LogP contribution in [0.25, 0.3) is 67.5 Å². The maximum atomic E-state index is 4.94. The fourth-order valence-corrected chi connectivity index (χ4v) is 7.43. The summed E-state index contributed by atoms with van der Waals surface area (Å²) in [5.74, 6) is 0. The van der Waals surface area contributed by atoms with Crippen molar-refractivity contribution < 1.29 is 54.5 Å². The van der Waals surface area contributed by atoms with Crippen molar-refractivity contribution in [2.45, 2.75) is 51.4 Å². The average Bonchev–Trinajstić information content (AvgIpc) is 4.32. The van der Waals surface area contributed by atoms with Crippen LogP contribution in [0.5, 0.6) is 0 Å². The fourth-order valence-electron chi connectivity index (χ4n) is 7.43. The molecular formula is C61H65LaN6O4. The molecule has 0 radical (unpaired) electrons. The van der Waals surface area contributed by atoms with Gasteiger partial charge in [-0.1, -0.05) is 200 Å². The van der Waals surface area contributed by atoms with Crippen molar-refractivity contribution in [2.75, 3.05) is 52.9 Å². The van der Waals surface area contributed by atoms with E-state index in [1.807, 2.05) is 200 Å². The standard InChI is InChI=1S/3C15H11N2.4C4H8O.La/c3*1-3-7-12(8-4-1)14-11-15(17-16-14)13-9-5-2-6-10-13;4*1-2-4-5-3-1;/h3*1-11H;4*1-4H2;/q3*-1;;;;;+3. The molecular weight excluding hydrogens is 1020 g/mol. The zero-order chi connectivity index (χ0) is 48.6. The van der Waals surface area contributed by atoms with E-state index in [1.165, 1.54) is 51.4 Å². The predicted molar refractivity (Wildman–Crippen MR) is 285 cm³/mol. The second-order valence-electron chi connectivity index (χ2n) is 16.8. The molecule has 0 amide bonds. The minimum atomic E-state index is 0. The minimum Gasteiger partial charge on any atom is -0.574 e. The topological polar surface area (TPSA) is 118 Å². The first kappa shape index (κ1) is 55.3. The maximum Gasteiger partial charge on any atom is 3.00 e. The van der Waals surface area contributed by atoms with Gasteiger partial charge in [0.2, 0.25) is 0 Å². The summed E-state index contributed by atoms with van der Waals surface area (Å²) in [6.45, 7) is 8.00. The summed E-state index contributed by atoms with van der Waals surface area (Å²) in [4.78, 5) is 0. The molecule has 0 bridgehead atoms. The van der Waals surface area contributed by atoms with Crippen LogP contribution < -0.4 is 15.3 Å². The second kappa shape index (κ2) is 33.6. The third-order valence-corrected chi connectivity index (χ3v) is 11.3. The molecule has 4 aliphatic rings. The van der Waals surface area contributed by atoms with Gasteiger partial charge >= 0.3 is 35.6 Å². The van der Waals surface area contributed by atoms with E-state index in [4.69, 9.17) is 18.9 Å². The number of aromatic nitrogens is 6. The van der Waals surface area contributed by atoms with Gasteiger partial charge in [-0.3, -0.25) is 0 Å². The van der Waals surface area contributed by atoms with Crippen molar-refractivity contribution in [3.8, 4) is 67.5 Å². The van der Waals surface area contributed by atoms with Gasteiger partial charge in [0, 0.05) is 69.9 Å². The van der Waals surface area contributed by atoms with E-state index in [2.05, 4.69) is 30.6 Å². The third-order valence-electron chi connectivity index (χ3n) is 11.3. The number of ether oxygens (including phenoxy) is 4. The Balaban J connectivity index is 0.000000147. The van der Waals surface area contributed by atoms with E-state index < -0.39 is 0 Å². The van der Waals surface area contributed by atoms with Gasteiger partial charge in [-0.15, -0.1) is 17.1 Å². The quantitative estimate of drug-likeness (QED) is 0.159. The molecule has 4 aliphatic heterocycles. The molecule has 0 unspecified atom stereocenters. The van der Waals surface area contributed by atoms with Gasteiger partial charge in [-0.25, -0.2) is 0 Å². The van der Waals surface area contributed by atoms with Crippen molar-refractivity contribution in [1.82, 2.24) is 30.6 Å². The number of rotatable bonds is 6. The van der Waals surface area contributed by atoms with Gasteiger partial charge in [0.1, 0.15) is 0 Å². The van der Waals surface area contributed by atoms with Gasteiger partial charge < -0.3 is 49.5 Å². The number of hydrogen-bond acceptors (Lipinski definition) is 7. The van der Waals surface area contributed by atoms with E-state index in [1.54, 1.807) is 0 Å². The molecule has 0 saturated carbocycles. The van der Waals surface area contributed by atoms with Crippen molar-refractivity contribution in [1.29, 1.82) is 0 Å². The van der Waals surface area contributed by atoms with Crippen LogP contribution in [0.15, 0.2) is 200 Å². The van der Waals surface area contributed by atoms with E-state index in [-0.39, 0.29) is 35.6 Å². The Morgan fingerprint density at radius 1 is 0.250 bits per heavy atom. The molecule has 10 nitrogen and oxygen atoms in total. The monoisotopic (exact) mass is 1080 g/mol. The molecule has 72 heavy (non-hydrogen) atoms. The summed E-state index contributed by atoms with van der Waals surface area (Å²) < 4.78 is 19.8. The van der Waals surface area contributed by atoms with Crippen molar-refractivity contribution in [2.24, 2.45) is 0 Å². The maximum absolute atomic E-state index is 4.94. The molecule has 0 aliphatic carbocycles. The average molecular weight is 1090 g/mol. The molecule has 366 valence electrons. The number of hydrogen-bond donors (Lipinski definition) is 0. The van der Waals surface area contributed by atoms with Crippen molar-refractivity contribution in [3.63, 3.8) is 0 Å². The molecule has 6 aromatic carbocycles. The molecule has 13 rings (SSSR count). The smallest absolute Gasteiger partial charge is 0.574 e. The fraction of sp³-hybridized carbons (Fsp3) is 0.262. The first-order chi connectivity index (χ1) is 35.3. The van der Waals surface area contributed by atoms with Crippen LogP contribution in [0.3, 0.4) is 0 Å². The summed E-state index contributed by atoms with van der Waals surface area (Å²) in [6.07, 6.45) is 10.2. The van der Waals surface area contributed by atoms with Crippen molar-refractivity contribution in [3.05, 3.63) is 200 Å². The molecule has 7 heterocycles. The summed E-state index contributed by atoms with van der Waals surface area (Å²) >= 11 is 0. The summed E-state index contributed by atoms with van der Waals surface area (Å²) in [5, 5.41) is 25.3. The Bertz CT molecular complexity index is 2200. The molecule has 3 aromatic heterocycles. The Labute approximate surface area is 453 Å².